The van der Waals surface area contributed by atoms with Crippen LogP contribution < -0.4 is 4.90 Å². The fourth-order valence-electron chi connectivity index (χ4n) is 2.99. The van der Waals surface area contributed by atoms with Gasteiger partial charge in [-0.3, -0.25) is 4.90 Å². The number of anilines is 1. The van der Waals surface area contributed by atoms with E-state index in [4.69, 9.17) is 4.84 Å². The topological polar surface area (TPSA) is 53.9 Å². The van der Waals surface area contributed by atoms with Gasteiger partial charge in [0, 0.05) is 50.9 Å². The van der Waals surface area contributed by atoms with E-state index in [1.165, 1.54) is 5.71 Å². The summed E-state index contributed by atoms with van der Waals surface area (Å²) in [7, 11) is 0. The molecule has 0 aromatic carbocycles. The summed E-state index contributed by atoms with van der Waals surface area (Å²) in [6, 6.07) is 2.11. The van der Waals surface area contributed by atoms with Crippen molar-refractivity contribution >= 4 is 11.5 Å². The highest BCUT2D eigenvalue weighted by Gasteiger charge is 2.25. The van der Waals surface area contributed by atoms with Crippen molar-refractivity contribution in [3.05, 3.63) is 18.1 Å². The molecule has 0 spiro atoms. The van der Waals surface area contributed by atoms with Crippen LogP contribution >= 0.6 is 0 Å². The van der Waals surface area contributed by atoms with Crippen molar-refractivity contribution in [3.8, 4) is 0 Å². The number of hydrogen-bond donors (Lipinski definition) is 0. The lowest BCUT2D eigenvalue weighted by molar-refractivity contribution is 0.0510. The maximum Gasteiger partial charge on any atom is 0.145 e. The summed E-state index contributed by atoms with van der Waals surface area (Å²) >= 11 is 0. The van der Waals surface area contributed by atoms with Gasteiger partial charge in [-0.2, -0.15) is 0 Å². The number of rotatable bonds is 5. The van der Waals surface area contributed by atoms with E-state index >= 15 is 0 Å². The second kappa shape index (κ2) is 7.05. The van der Waals surface area contributed by atoms with Crippen LogP contribution in [0.1, 0.15) is 32.4 Å². The first-order valence-corrected chi connectivity index (χ1v) is 8.28. The van der Waals surface area contributed by atoms with E-state index in [9.17, 15) is 0 Å². The Morgan fingerprint density at radius 2 is 1.95 bits per heavy atom. The Morgan fingerprint density at radius 3 is 2.64 bits per heavy atom. The van der Waals surface area contributed by atoms with E-state index in [2.05, 4.69) is 44.8 Å². The van der Waals surface area contributed by atoms with Gasteiger partial charge in [0.05, 0.1) is 5.71 Å². The Labute approximate surface area is 132 Å². The van der Waals surface area contributed by atoms with Crippen molar-refractivity contribution in [1.29, 1.82) is 0 Å². The fourth-order valence-corrected chi connectivity index (χ4v) is 2.99. The molecule has 2 aliphatic rings. The number of oxime groups is 1. The van der Waals surface area contributed by atoms with Gasteiger partial charge in [0.25, 0.3) is 0 Å². The first-order chi connectivity index (χ1) is 10.8. The van der Waals surface area contributed by atoms with Gasteiger partial charge in [-0.15, -0.1) is 0 Å². The van der Waals surface area contributed by atoms with E-state index in [1.54, 1.807) is 6.33 Å². The molecule has 1 aromatic rings. The molecule has 1 atom stereocenters. The van der Waals surface area contributed by atoms with Gasteiger partial charge >= 0.3 is 0 Å². The van der Waals surface area contributed by atoms with Crippen LogP contribution in [0.2, 0.25) is 0 Å². The molecule has 0 saturated carbocycles. The fraction of sp³-hybridized carbons (Fsp3) is 0.688. The van der Waals surface area contributed by atoms with Crippen LogP contribution in [0.25, 0.3) is 0 Å². The van der Waals surface area contributed by atoms with Crippen molar-refractivity contribution < 1.29 is 4.84 Å². The van der Waals surface area contributed by atoms with E-state index in [0.717, 1.165) is 63.5 Å². The van der Waals surface area contributed by atoms with Gasteiger partial charge in [-0.1, -0.05) is 19.0 Å². The van der Waals surface area contributed by atoms with Crippen LogP contribution in [0.3, 0.4) is 0 Å². The van der Waals surface area contributed by atoms with Crippen molar-refractivity contribution in [2.24, 2.45) is 5.16 Å². The summed E-state index contributed by atoms with van der Waals surface area (Å²) in [5.74, 6) is 1.06. The minimum Gasteiger partial charge on any atom is -0.391 e. The molecule has 22 heavy (non-hydrogen) atoms. The third kappa shape index (κ3) is 3.55. The molecule has 0 aliphatic carbocycles. The minimum atomic E-state index is 0.243. The van der Waals surface area contributed by atoms with Gasteiger partial charge in [-0.05, 0) is 12.8 Å². The number of piperazine rings is 1. The summed E-state index contributed by atoms with van der Waals surface area (Å²) in [5.41, 5.74) is 2.30. The Balaban J connectivity index is 1.48. The molecule has 1 fully saturated rings. The Bertz CT molecular complexity index is 525. The minimum absolute atomic E-state index is 0.243. The van der Waals surface area contributed by atoms with E-state index in [-0.39, 0.29) is 6.10 Å². The highest BCUT2D eigenvalue weighted by atomic mass is 16.6. The van der Waals surface area contributed by atoms with Gasteiger partial charge in [0.2, 0.25) is 0 Å². The maximum absolute atomic E-state index is 5.51. The zero-order valence-electron chi connectivity index (χ0n) is 13.5. The quantitative estimate of drug-likeness (QED) is 0.829. The molecule has 1 saturated heterocycles. The third-order valence-corrected chi connectivity index (χ3v) is 4.43. The monoisotopic (exact) mass is 303 g/mol. The molecule has 2 aliphatic heterocycles. The standard InChI is InChI=1S/C16H25N5O/c1-3-13-10-16(18-12-17-13)21-7-5-20(6-8-21)11-15-9-14(4-2)19-22-15/h10,12,15H,3-9,11H2,1-2H3/t15-/m0/s1. The molecular weight excluding hydrogens is 278 g/mol. The lowest BCUT2D eigenvalue weighted by atomic mass is 10.1. The second-order valence-corrected chi connectivity index (χ2v) is 5.95. The number of nitrogens with zero attached hydrogens (tertiary/aromatic N) is 5. The van der Waals surface area contributed by atoms with Gasteiger partial charge in [0.15, 0.2) is 0 Å². The first-order valence-electron chi connectivity index (χ1n) is 8.28. The molecule has 6 heteroatoms. The molecule has 0 radical (unpaired) electrons. The summed E-state index contributed by atoms with van der Waals surface area (Å²) in [6.07, 6.45) is 4.86. The number of hydrogen-bond acceptors (Lipinski definition) is 6. The highest BCUT2D eigenvalue weighted by Crippen LogP contribution is 2.17. The molecule has 0 unspecified atom stereocenters. The van der Waals surface area contributed by atoms with E-state index in [1.807, 2.05) is 0 Å². The summed E-state index contributed by atoms with van der Waals surface area (Å²) in [6.45, 7) is 9.35. The smallest absolute Gasteiger partial charge is 0.145 e. The molecule has 1 aromatic heterocycles. The molecule has 3 heterocycles. The second-order valence-electron chi connectivity index (χ2n) is 5.95. The summed E-state index contributed by atoms with van der Waals surface area (Å²) in [5, 5.41) is 4.15. The number of aromatic nitrogens is 2. The first kappa shape index (κ1) is 15.2. The zero-order chi connectivity index (χ0) is 15.4. The predicted octanol–water partition coefficient (Wildman–Crippen LogP) is 1.72. The Hall–Kier alpha value is -1.69. The van der Waals surface area contributed by atoms with Crippen molar-refractivity contribution in [2.75, 3.05) is 37.6 Å². The molecule has 3 rings (SSSR count). The Kier molecular flexibility index (Phi) is 4.87. The predicted molar refractivity (Wildman–Crippen MR) is 87.3 cm³/mol. The number of aryl methyl sites for hydroxylation is 1. The van der Waals surface area contributed by atoms with Crippen LogP contribution in [0, 0.1) is 0 Å². The van der Waals surface area contributed by atoms with Crippen molar-refractivity contribution in [3.63, 3.8) is 0 Å². The molecule has 0 N–H and O–H groups in total. The van der Waals surface area contributed by atoms with Crippen LogP contribution in [-0.2, 0) is 11.3 Å². The van der Waals surface area contributed by atoms with Crippen LogP contribution in [0.5, 0.6) is 0 Å². The van der Waals surface area contributed by atoms with Crippen LogP contribution in [0.15, 0.2) is 17.5 Å². The average Bonchev–Trinajstić information content (AvgIpc) is 3.03. The summed E-state index contributed by atoms with van der Waals surface area (Å²) < 4.78 is 0. The Morgan fingerprint density at radius 1 is 1.14 bits per heavy atom. The third-order valence-electron chi connectivity index (χ3n) is 4.43. The van der Waals surface area contributed by atoms with Crippen LogP contribution in [0.4, 0.5) is 5.82 Å². The lowest BCUT2D eigenvalue weighted by Crippen LogP contribution is -2.48. The van der Waals surface area contributed by atoms with Gasteiger partial charge < -0.3 is 9.74 Å². The molecule has 0 amide bonds. The van der Waals surface area contributed by atoms with Gasteiger partial charge in [0.1, 0.15) is 18.2 Å². The molecule has 0 bridgehead atoms. The highest BCUT2D eigenvalue weighted by molar-refractivity contribution is 5.85. The maximum atomic E-state index is 5.51. The zero-order valence-corrected chi connectivity index (χ0v) is 13.5. The molecular formula is C16H25N5O. The normalized spacial score (nSPS) is 22.5. The van der Waals surface area contributed by atoms with Gasteiger partial charge in [-0.25, -0.2) is 9.97 Å². The molecule has 6 nitrogen and oxygen atoms in total. The molecule has 120 valence electrons. The average molecular weight is 303 g/mol. The van der Waals surface area contributed by atoms with Crippen molar-refractivity contribution in [2.45, 2.75) is 39.2 Å². The van der Waals surface area contributed by atoms with Crippen molar-refractivity contribution in [1.82, 2.24) is 14.9 Å². The SMILES string of the molecule is CCC1=NO[C@H](CN2CCN(c3cc(CC)ncn3)CC2)C1. The van der Waals surface area contributed by atoms with E-state index in [0.29, 0.717) is 0 Å². The summed E-state index contributed by atoms with van der Waals surface area (Å²) in [4.78, 5) is 19.0. The lowest BCUT2D eigenvalue weighted by Gasteiger charge is -2.36. The largest absolute Gasteiger partial charge is 0.391 e. The van der Waals surface area contributed by atoms with E-state index < -0.39 is 0 Å². The van der Waals surface area contributed by atoms with Crippen LogP contribution in [-0.4, -0.2) is 59.4 Å².